The van der Waals surface area contributed by atoms with Crippen molar-refractivity contribution < 1.29 is 4.74 Å². The second kappa shape index (κ2) is 6.70. The summed E-state index contributed by atoms with van der Waals surface area (Å²) in [4.78, 5) is 8.94. The third-order valence-corrected chi connectivity index (χ3v) is 3.12. The van der Waals surface area contributed by atoms with Crippen LogP contribution in [0.2, 0.25) is 0 Å². The average molecular weight is 264 g/mol. The largest absolute Gasteiger partial charge is 0.379 e. The monoisotopic (exact) mass is 264 g/mol. The summed E-state index contributed by atoms with van der Waals surface area (Å²) in [7, 11) is 1.87. The highest BCUT2D eigenvalue weighted by Gasteiger charge is 2.20. The minimum Gasteiger partial charge on any atom is -0.379 e. The van der Waals surface area contributed by atoms with E-state index in [2.05, 4.69) is 34.4 Å². The number of anilines is 2. The Kier molecular flexibility index (Phi) is 4.96. The standard InChI is InChI=1S/C14H24N4O/c1-10(2)14-17-12(15-3)8-13(18-14)16-6-7-19-9-11-4-5-11/h8,10-11H,4-7,9H2,1-3H3,(H2,15,16,17,18). The lowest BCUT2D eigenvalue weighted by atomic mass is 10.2. The highest BCUT2D eigenvalue weighted by molar-refractivity contribution is 5.47. The first-order chi connectivity index (χ1) is 9.19. The number of nitrogens with zero attached hydrogens (tertiary/aromatic N) is 2. The lowest BCUT2D eigenvalue weighted by molar-refractivity contribution is 0.134. The molecule has 1 saturated carbocycles. The van der Waals surface area contributed by atoms with Crippen LogP contribution in [0, 0.1) is 5.92 Å². The molecular weight excluding hydrogens is 240 g/mol. The fraction of sp³-hybridized carbons (Fsp3) is 0.714. The zero-order chi connectivity index (χ0) is 13.7. The van der Waals surface area contributed by atoms with Crippen molar-refractivity contribution in [3.63, 3.8) is 0 Å². The van der Waals surface area contributed by atoms with Crippen LogP contribution in [0.5, 0.6) is 0 Å². The molecule has 0 saturated heterocycles. The second-order valence-corrected chi connectivity index (χ2v) is 5.35. The Morgan fingerprint density at radius 1 is 1.32 bits per heavy atom. The third kappa shape index (κ3) is 4.67. The molecular formula is C14H24N4O. The van der Waals surface area contributed by atoms with Gasteiger partial charge in [0, 0.05) is 32.2 Å². The van der Waals surface area contributed by atoms with Crippen LogP contribution >= 0.6 is 0 Å². The molecule has 1 heterocycles. The molecule has 0 spiro atoms. The van der Waals surface area contributed by atoms with Crippen molar-refractivity contribution in [1.29, 1.82) is 0 Å². The number of hydrogen-bond acceptors (Lipinski definition) is 5. The quantitative estimate of drug-likeness (QED) is 0.706. The molecule has 0 atom stereocenters. The number of aromatic nitrogens is 2. The highest BCUT2D eigenvalue weighted by atomic mass is 16.5. The Labute approximate surface area is 115 Å². The maximum absolute atomic E-state index is 5.59. The fourth-order valence-electron chi connectivity index (χ4n) is 1.73. The van der Waals surface area contributed by atoms with Crippen molar-refractivity contribution in [3.05, 3.63) is 11.9 Å². The smallest absolute Gasteiger partial charge is 0.135 e. The molecule has 0 aliphatic heterocycles. The third-order valence-electron chi connectivity index (χ3n) is 3.12. The lowest BCUT2D eigenvalue weighted by Crippen LogP contribution is -2.13. The first-order valence-corrected chi connectivity index (χ1v) is 7.07. The van der Waals surface area contributed by atoms with Crippen molar-refractivity contribution in [2.45, 2.75) is 32.6 Å². The number of ether oxygens (including phenoxy) is 1. The van der Waals surface area contributed by atoms with Crippen molar-refractivity contribution >= 4 is 11.6 Å². The van der Waals surface area contributed by atoms with Crippen LogP contribution in [0.4, 0.5) is 11.6 Å². The summed E-state index contributed by atoms with van der Waals surface area (Å²) in [6.45, 7) is 6.61. The summed E-state index contributed by atoms with van der Waals surface area (Å²) >= 11 is 0. The molecule has 1 aliphatic rings. The van der Waals surface area contributed by atoms with E-state index < -0.39 is 0 Å². The van der Waals surface area contributed by atoms with Crippen LogP contribution in [0.1, 0.15) is 38.4 Å². The topological polar surface area (TPSA) is 59.1 Å². The van der Waals surface area contributed by atoms with Gasteiger partial charge >= 0.3 is 0 Å². The Balaban J connectivity index is 1.81. The van der Waals surface area contributed by atoms with E-state index in [-0.39, 0.29) is 0 Å². The van der Waals surface area contributed by atoms with Gasteiger partial charge in [0.05, 0.1) is 6.61 Å². The summed E-state index contributed by atoms with van der Waals surface area (Å²) < 4.78 is 5.59. The van der Waals surface area contributed by atoms with Crippen LogP contribution in [0.3, 0.4) is 0 Å². The number of nitrogens with one attached hydrogen (secondary N) is 2. The maximum atomic E-state index is 5.59. The fourth-order valence-corrected chi connectivity index (χ4v) is 1.73. The molecule has 0 aromatic carbocycles. The van der Waals surface area contributed by atoms with Crippen LogP contribution in [0.15, 0.2) is 6.07 Å². The van der Waals surface area contributed by atoms with Gasteiger partial charge in [-0.15, -0.1) is 0 Å². The van der Waals surface area contributed by atoms with Gasteiger partial charge in [-0.2, -0.15) is 0 Å². The zero-order valence-electron chi connectivity index (χ0n) is 12.1. The Morgan fingerprint density at radius 3 is 2.68 bits per heavy atom. The average Bonchev–Trinajstić information content (AvgIpc) is 3.22. The van der Waals surface area contributed by atoms with Gasteiger partial charge in [-0.3, -0.25) is 0 Å². The van der Waals surface area contributed by atoms with Crippen molar-refractivity contribution in [2.75, 3.05) is 37.4 Å². The Morgan fingerprint density at radius 2 is 2.05 bits per heavy atom. The van der Waals surface area contributed by atoms with E-state index in [1.165, 1.54) is 12.8 Å². The summed E-state index contributed by atoms with van der Waals surface area (Å²) in [5, 5.41) is 6.36. The highest BCUT2D eigenvalue weighted by Crippen LogP contribution is 2.28. The normalized spacial score (nSPS) is 14.7. The molecule has 1 aromatic rings. The van der Waals surface area contributed by atoms with E-state index >= 15 is 0 Å². The molecule has 1 aliphatic carbocycles. The van der Waals surface area contributed by atoms with Gasteiger partial charge in [0.1, 0.15) is 17.5 Å². The van der Waals surface area contributed by atoms with Gasteiger partial charge in [0.15, 0.2) is 0 Å². The molecule has 0 radical (unpaired) electrons. The van der Waals surface area contributed by atoms with Gasteiger partial charge in [-0.05, 0) is 18.8 Å². The summed E-state index contributed by atoms with van der Waals surface area (Å²) in [6, 6.07) is 1.92. The molecule has 2 N–H and O–H groups in total. The predicted molar refractivity (Wildman–Crippen MR) is 77.7 cm³/mol. The van der Waals surface area contributed by atoms with E-state index in [4.69, 9.17) is 4.74 Å². The van der Waals surface area contributed by atoms with Crippen molar-refractivity contribution in [3.8, 4) is 0 Å². The van der Waals surface area contributed by atoms with Gasteiger partial charge < -0.3 is 15.4 Å². The van der Waals surface area contributed by atoms with E-state index in [0.717, 1.165) is 43.1 Å². The van der Waals surface area contributed by atoms with Gasteiger partial charge in [0.25, 0.3) is 0 Å². The molecule has 0 bridgehead atoms. The lowest BCUT2D eigenvalue weighted by Gasteiger charge is -2.11. The summed E-state index contributed by atoms with van der Waals surface area (Å²) in [6.07, 6.45) is 2.67. The number of hydrogen-bond donors (Lipinski definition) is 2. The molecule has 5 nitrogen and oxygen atoms in total. The SMILES string of the molecule is CNc1cc(NCCOCC2CC2)nc(C(C)C)n1. The minimum absolute atomic E-state index is 0.319. The molecule has 5 heteroatoms. The number of rotatable bonds is 8. The predicted octanol–water partition coefficient (Wildman–Crippen LogP) is 2.48. The van der Waals surface area contributed by atoms with E-state index in [1.807, 2.05) is 13.1 Å². The van der Waals surface area contributed by atoms with Crippen LogP contribution in [-0.2, 0) is 4.74 Å². The Bertz CT molecular complexity index is 404. The van der Waals surface area contributed by atoms with E-state index in [9.17, 15) is 0 Å². The second-order valence-electron chi connectivity index (χ2n) is 5.35. The van der Waals surface area contributed by atoms with E-state index in [0.29, 0.717) is 5.92 Å². The molecule has 2 rings (SSSR count). The summed E-state index contributed by atoms with van der Waals surface area (Å²) in [5.41, 5.74) is 0. The molecule has 0 unspecified atom stereocenters. The van der Waals surface area contributed by atoms with Gasteiger partial charge in [-0.1, -0.05) is 13.8 Å². The van der Waals surface area contributed by atoms with Crippen LogP contribution in [0.25, 0.3) is 0 Å². The van der Waals surface area contributed by atoms with Crippen molar-refractivity contribution in [1.82, 2.24) is 9.97 Å². The van der Waals surface area contributed by atoms with Gasteiger partial charge in [-0.25, -0.2) is 9.97 Å². The molecule has 0 amide bonds. The molecule has 19 heavy (non-hydrogen) atoms. The zero-order valence-corrected chi connectivity index (χ0v) is 12.1. The molecule has 1 fully saturated rings. The van der Waals surface area contributed by atoms with E-state index in [1.54, 1.807) is 0 Å². The first-order valence-electron chi connectivity index (χ1n) is 7.07. The van der Waals surface area contributed by atoms with Crippen LogP contribution < -0.4 is 10.6 Å². The first kappa shape index (κ1) is 14.1. The summed E-state index contributed by atoms with van der Waals surface area (Å²) in [5.74, 6) is 3.70. The minimum atomic E-state index is 0.319. The Hall–Kier alpha value is -1.36. The van der Waals surface area contributed by atoms with Gasteiger partial charge in [0.2, 0.25) is 0 Å². The maximum Gasteiger partial charge on any atom is 0.135 e. The molecule has 1 aromatic heterocycles. The van der Waals surface area contributed by atoms with Crippen LogP contribution in [-0.4, -0.2) is 36.8 Å². The van der Waals surface area contributed by atoms with Crippen molar-refractivity contribution in [2.24, 2.45) is 5.92 Å². The molecule has 106 valence electrons.